The van der Waals surface area contributed by atoms with Crippen LogP contribution >= 0.6 is 23.2 Å². The number of halogens is 2. The topological polar surface area (TPSA) is 46.1 Å². The summed E-state index contributed by atoms with van der Waals surface area (Å²) in [4.78, 5) is 12.9. The van der Waals surface area contributed by atoms with Crippen LogP contribution in [0.2, 0.25) is 10.0 Å². The van der Waals surface area contributed by atoms with Gasteiger partial charge in [-0.1, -0.05) is 35.3 Å². The summed E-state index contributed by atoms with van der Waals surface area (Å²) >= 11 is 12.5. The van der Waals surface area contributed by atoms with Gasteiger partial charge in [0, 0.05) is 17.6 Å². The molecule has 1 aliphatic rings. The van der Waals surface area contributed by atoms with Crippen molar-refractivity contribution in [3.63, 3.8) is 0 Å². The summed E-state index contributed by atoms with van der Waals surface area (Å²) in [6.07, 6.45) is 2.32. The van der Waals surface area contributed by atoms with Crippen LogP contribution in [0.3, 0.4) is 0 Å². The van der Waals surface area contributed by atoms with Crippen molar-refractivity contribution in [1.82, 2.24) is 9.88 Å². The molecule has 6 heteroatoms. The second-order valence-electron chi connectivity index (χ2n) is 7.17. The fraction of sp³-hybridized carbons (Fsp3) is 0.318. The van der Waals surface area contributed by atoms with E-state index < -0.39 is 0 Å². The van der Waals surface area contributed by atoms with Crippen molar-refractivity contribution in [2.24, 2.45) is 0 Å². The maximum atomic E-state index is 12.9. The molecule has 28 heavy (non-hydrogen) atoms. The molecule has 0 bridgehead atoms. The van der Waals surface area contributed by atoms with Crippen molar-refractivity contribution in [2.45, 2.75) is 32.2 Å². The number of nitrogens with one attached hydrogen (secondary N) is 2. The minimum Gasteiger partial charge on any atom is -0.337 e. The van der Waals surface area contributed by atoms with E-state index in [9.17, 15) is 4.79 Å². The minimum absolute atomic E-state index is 0.153. The van der Waals surface area contributed by atoms with Crippen molar-refractivity contribution >= 4 is 45.7 Å². The zero-order valence-corrected chi connectivity index (χ0v) is 17.3. The molecule has 1 fully saturated rings. The highest BCUT2D eigenvalue weighted by Gasteiger charge is 2.18. The van der Waals surface area contributed by atoms with Gasteiger partial charge in [-0.25, -0.2) is 0 Å². The van der Waals surface area contributed by atoms with Gasteiger partial charge < -0.3 is 15.2 Å². The SMILES string of the molecule is CCn1c(C(=O)Nc2ccc(C3CCNCC3)cc2)cc2c(Cl)c(Cl)ccc21. The van der Waals surface area contributed by atoms with Gasteiger partial charge in [0.2, 0.25) is 0 Å². The Morgan fingerprint density at radius 1 is 1.14 bits per heavy atom. The van der Waals surface area contributed by atoms with Gasteiger partial charge >= 0.3 is 0 Å². The fourth-order valence-corrected chi connectivity index (χ4v) is 4.37. The highest BCUT2D eigenvalue weighted by atomic mass is 35.5. The van der Waals surface area contributed by atoms with E-state index in [1.54, 1.807) is 6.07 Å². The average molecular weight is 416 g/mol. The zero-order valence-electron chi connectivity index (χ0n) is 15.8. The maximum absolute atomic E-state index is 12.9. The minimum atomic E-state index is -0.153. The van der Waals surface area contributed by atoms with E-state index in [1.165, 1.54) is 5.56 Å². The van der Waals surface area contributed by atoms with Gasteiger partial charge in [-0.3, -0.25) is 4.79 Å². The third-order valence-electron chi connectivity index (χ3n) is 5.50. The molecule has 4 rings (SSSR count). The number of amides is 1. The van der Waals surface area contributed by atoms with Crippen LogP contribution < -0.4 is 10.6 Å². The molecule has 1 amide bonds. The van der Waals surface area contributed by atoms with Crippen LogP contribution in [0.1, 0.15) is 41.7 Å². The first-order chi connectivity index (χ1) is 13.6. The standard InChI is InChI=1S/C22H23Cl2N3O/c1-2-27-19-8-7-18(23)21(24)17(19)13-20(27)22(28)26-16-5-3-14(4-6-16)15-9-11-25-12-10-15/h3-8,13,15,25H,2,9-12H2,1H3,(H,26,28). The van der Waals surface area contributed by atoms with Gasteiger partial charge in [-0.2, -0.15) is 0 Å². The Morgan fingerprint density at radius 3 is 2.54 bits per heavy atom. The maximum Gasteiger partial charge on any atom is 0.272 e. The monoisotopic (exact) mass is 415 g/mol. The molecule has 146 valence electrons. The van der Waals surface area contributed by atoms with Crippen LogP contribution in [0.4, 0.5) is 5.69 Å². The fourth-order valence-electron chi connectivity index (χ4n) is 3.99. The Balaban J connectivity index is 1.57. The number of anilines is 1. The lowest BCUT2D eigenvalue weighted by Crippen LogP contribution is -2.26. The van der Waals surface area contributed by atoms with E-state index in [2.05, 4.69) is 22.8 Å². The summed E-state index contributed by atoms with van der Waals surface area (Å²) in [5.41, 5.74) is 3.61. The van der Waals surface area contributed by atoms with E-state index in [-0.39, 0.29) is 5.91 Å². The van der Waals surface area contributed by atoms with Crippen LogP contribution in [-0.4, -0.2) is 23.6 Å². The Kier molecular flexibility index (Phi) is 5.63. The first-order valence-electron chi connectivity index (χ1n) is 9.67. The predicted molar refractivity (Wildman–Crippen MR) is 117 cm³/mol. The Morgan fingerprint density at radius 2 is 1.86 bits per heavy atom. The van der Waals surface area contributed by atoms with Crippen LogP contribution in [0, 0.1) is 0 Å². The number of rotatable bonds is 4. The molecule has 2 heterocycles. The molecule has 0 radical (unpaired) electrons. The number of benzene rings is 2. The molecule has 0 spiro atoms. The van der Waals surface area contributed by atoms with Gasteiger partial charge in [-0.15, -0.1) is 0 Å². The third-order valence-corrected chi connectivity index (χ3v) is 6.32. The number of carbonyl (C=O) groups is 1. The third kappa shape index (κ3) is 3.64. The summed E-state index contributed by atoms with van der Waals surface area (Å²) in [5.74, 6) is 0.445. The molecule has 0 saturated carbocycles. The number of piperidine rings is 1. The first-order valence-corrected chi connectivity index (χ1v) is 10.4. The van der Waals surface area contributed by atoms with Gasteiger partial charge in [-0.05, 0) is 74.7 Å². The lowest BCUT2D eigenvalue weighted by Gasteiger charge is -2.23. The lowest BCUT2D eigenvalue weighted by atomic mass is 9.90. The number of aromatic nitrogens is 1. The summed E-state index contributed by atoms with van der Waals surface area (Å²) in [6.45, 7) is 4.81. The quantitative estimate of drug-likeness (QED) is 0.574. The number of fused-ring (bicyclic) bond motifs is 1. The van der Waals surface area contributed by atoms with E-state index >= 15 is 0 Å². The van der Waals surface area contributed by atoms with Gasteiger partial charge in [0.05, 0.1) is 15.6 Å². The van der Waals surface area contributed by atoms with Crippen LogP contribution in [-0.2, 0) is 6.54 Å². The molecule has 4 nitrogen and oxygen atoms in total. The number of aryl methyl sites for hydroxylation is 1. The van der Waals surface area contributed by atoms with Gasteiger partial charge in [0.25, 0.3) is 5.91 Å². The molecular weight excluding hydrogens is 393 g/mol. The molecule has 0 atom stereocenters. The number of hydrogen-bond donors (Lipinski definition) is 2. The second-order valence-corrected chi connectivity index (χ2v) is 7.95. The highest BCUT2D eigenvalue weighted by Crippen LogP contribution is 2.33. The predicted octanol–water partition coefficient (Wildman–Crippen LogP) is 5.69. The van der Waals surface area contributed by atoms with Crippen molar-refractivity contribution in [3.05, 3.63) is 63.8 Å². The second kappa shape index (κ2) is 8.16. The molecule has 2 N–H and O–H groups in total. The summed E-state index contributed by atoms with van der Waals surface area (Å²) < 4.78 is 1.95. The molecule has 1 aromatic heterocycles. The van der Waals surface area contributed by atoms with Crippen LogP contribution in [0.25, 0.3) is 10.9 Å². The Labute approximate surface area is 174 Å². The molecule has 2 aromatic carbocycles. The lowest BCUT2D eigenvalue weighted by molar-refractivity contribution is 0.101. The molecule has 1 saturated heterocycles. The zero-order chi connectivity index (χ0) is 19.7. The number of nitrogens with zero attached hydrogens (tertiary/aromatic N) is 1. The van der Waals surface area contributed by atoms with Crippen molar-refractivity contribution in [3.8, 4) is 0 Å². The van der Waals surface area contributed by atoms with Crippen molar-refractivity contribution in [1.29, 1.82) is 0 Å². The number of carbonyl (C=O) groups excluding carboxylic acids is 1. The highest BCUT2D eigenvalue weighted by molar-refractivity contribution is 6.45. The summed E-state index contributed by atoms with van der Waals surface area (Å²) in [5, 5.41) is 8.16. The Bertz CT molecular complexity index is 1000. The largest absolute Gasteiger partial charge is 0.337 e. The van der Waals surface area contributed by atoms with E-state index in [4.69, 9.17) is 23.2 Å². The molecule has 1 aliphatic heterocycles. The van der Waals surface area contributed by atoms with E-state index in [1.807, 2.05) is 35.8 Å². The molecule has 0 aliphatic carbocycles. The molecule has 3 aromatic rings. The summed E-state index contributed by atoms with van der Waals surface area (Å²) in [6, 6.07) is 13.7. The summed E-state index contributed by atoms with van der Waals surface area (Å²) in [7, 11) is 0. The molecular formula is C22H23Cl2N3O. The van der Waals surface area contributed by atoms with Crippen molar-refractivity contribution < 1.29 is 4.79 Å². The van der Waals surface area contributed by atoms with Gasteiger partial charge in [0.1, 0.15) is 5.69 Å². The Hall–Kier alpha value is -2.01. The van der Waals surface area contributed by atoms with E-state index in [0.29, 0.717) is 28.2 Å². The van der Waals surface area contributed by atoms with E-state index in [0.717, 1.165) is 42.5 Å². The number of hydrogen-bond acceptors (Lipinski definition) is 2. The molecule has 0 unspecified atom stereocenters. The average Bonchev–Trinajstić information content (AvgIpc) is 3.11. The van der Waals surface area contributed by atoms with Gasteiger partial charge in [0.15, 0.2) is 0 Å². The van der Waals surface area contributed by atoms with Crippen LogP contribution in [0.15, 0.2) is 42.5 Å². The van der Waals surface area contributed by atoms with Crippen molar-refractivity contribution in [2.75, 3.05) is 18.4 Å². The first kappa shape index (κ1) is 19.3. The normalized spacial score (nSPS) is 15.1. The van der Waals surface area contributed by atoms with Crippen LogP contribution in [0.5, 0.6) is 0 Å². The smallest absolute Gasteiger partial charge is 0.272 e.